The number of amides is 1. The Labute approximate surface area is 113 Å². The topological polar surface area (TPSA) is 74.2 Å². The first-order valence-corrected chi connectivity index (χ1v) is 6.18. The molecular formula is C14H19N3O2. The maximum atomic E-state index is 10.7. The van der Waals surface area contributed by atoms with E-state index in [0.29, 0.717) is 13.1 Å². The van der Waals surface area contributed by atoms with E-state index in [1.165, 1.54) is 6.92 Å². The minimum absolute atomic E-state index is 0.0374. The summed E-state index contributed by atoms with van der Waals surface area (Å²) in [6.07, 6.45) is 0.779. The predicted molar refractivity (Wildman–Crippen MR) is 72.7 cm³/mol. The number of nitrogens with zero attached hydrogens (tertiary/aromatic N) is 1. The molecule has 5 nitrogen and oxygen atoms in total. The molecule has 0 aliphatic carbocycles. The first-order valence-electron chi connectivity index (χ1n) is 6.18. The molecule has 0 heterocycles. The zero-order chi connectivity index (χ0) is 14.1. The highest BCUT2D eigenvalue weighted by atomic mass is 16.5. The molecule has 1 aromatic carbocycles. The summed E-state index contributed by atoms with van der Waals surface area (Å²) < 4.78 is 5.13. The molecule has 1 aromatic rings. The van der Waals surface area contributed by atoms with Gasteiger partial charge in [0.25, 0.3) is 0 Å². The fourth-order valence-corrected chi connectivity index (χ4v) is 1.66. The first-order chi connectivity index (χ1) is 9.17. The number of ether oxygens (including phenoxy) is 1. The Balaban J connectivity index is 2.45. The number of carbonyl (C=O) groups excluding carboxylic acids is 1. The second-order valence-corrected chi connectivity index (χ2v) is 4.13. The van der Waals surface area contributed by atoms with E-state index in [2.05, 4.69) is 16.7 Å². The number of methoxy groups -OCH3 is 1. The average molecular weight is 261 g/mol. The van der Waals surface area contributed by atoms with E-state index in [1.807, 2.05) is 24.3 Å². The van der Waals surface area contributed by atoms with Crippen molar-refractivity contribution in [3.63, 3.8) is 0 Å². The summed E-state index contributed by atoms with van der Waals surface area (Å²) in [6.45, 7) is 2.76. The first kappa shape index (κ1) is 15.0. The van der Waals surface area contributed by atoms with E-state index in [0.717, 1.165) is 17.7 Å². The summed E-state index contributed by atoms with van der Waals surface area (Å²) in [5.41, 5.74) is 0.876. The molecular weight excluding hydrogens is 242 g/mol. The van der Waals surface area contributed by atoms with Gasteiger partial charge >= 0.3 is 0 Å². The lowest BCUT2D eigenvalue weighted by molar-refractivity contribution is -0.118. The Morgan fingerprint density at radius 2 is 2.26 bits per heavy atom. The number of carbonyl (C=O) groups is 1. The zero-order valence-corrected chi connectivity index (χ0v) is 11.3. The molecule has 0 saturated heterocycles. The predicted octanol–water partition coefficient (Wildman–Crippen LogP) is 1.38. The highest BCUT2D eigenvalue weighted by Crippen LogP contribution is 2.18. The van der Waals surface area contributed by atoms with Crippen LogP contribution in [-0.4, -0.2) is 26.1 Å². The Morgan fingerprint density at radius 1 is 1.47 bits per heavy atom. The van der Waals surface area contributed by atoms with Crippen molar-refractivity contribution in [2.75, 3.05) is 20.2 Å². The molecule has 19 heavy (non-hydrogen) atoms. The summed E-state index contributed by atoms with van der Waals surface area (Å²) in [4.78, 5) is 10.7. The Kier molecular flexibility index (Phi) is 6.41. The van der Waals surface area contributed by atoms with Crippen LogP contribution >= 0.6 is 0 Å². The number of nitrogens with one attached hydrogen (secondary N) is 2. The molecule has 1 amide bonds. The maximum absolute atomic E-state index is 10.7. The minimum atomic E-state index is -0.368. The highest BCUT2D eigenvalue weighted by molar-refractivity contribution is 5.72. The van der Waals surface area contributed by atoms with Crippen LogP contribution in [0.5, 0.6) is 5.75 Å². The smallest absolute Gasteiger partial charge is 0.216 e. The van der Waals surface area contributed by atoms with Gasteiger partial charge in [-0.2, -0.15) is 5.26 Å². The van der Waals surface area contributed by atoms with Crippen LogP contribution in [0, 0.1) is 11.3 Å². The number of hydrogen-bond acceptors (Lipinski definition) is 4. The van der Waals surface area contributed by atoms with Gasteiger partial charge in [0, 0.05) is 13.5 Å². The van der Waals surface area contributed by atoms with Crippen molar-refractivity contribution < 1.29 is 9.53 Å². The van der Waals surface area contributed by atoms with Crippen molar-refractivity contribution in [1.82, 2.24) is 10.6 Å². The third-order valence-electron chi connectivity index (χ3n) is 2.63. The monoisotopic (exact) mass is 261 g/mol. The molecule has 0 saturated carbocycles. The summed E-state index contributed by atoms with van der Waals surface area (Å²) in [5, 5.41) is 15.0. The van der Waals surface area contributed by atoms with E-state index >= 15 is 0 Å². The maximum Gasteiger partial charge on any atom is 0.216 e. The van der Waals surface area contributed by atoms with Crippen LogP contribution in [0.2, 0.25) is 0 Å². The molecule has 5 heteroatoms. The van der Waals surface area contributed by atoms with Crippen molar-refractivity contribution in [3.05, 3.63) is 29.8 Å². The van der Waals surface area contributed by atoms with Crippen LogP contribution in [0.4, 0.5) is 0 Å². The van der Waals surface area contributed by atoms with E-state index in [1.54, 1.807) is 7.11 Å². The standard InChI is InChI=1S/C14H19N3O2/c1-11(18)16-7-4-8-17-14(10-15)12-5-3-6-13(9-12)19-2/h3,5-6,9,14,17H,4,7-8H2,1-2H3,(H,16,18). The molecule has 0 aromatic heterocycles. The van der Waals surface area contributed by atoms with E-state index in [4.69, 9.17) is 10.00 Å². The molecule has 0 aliphatic heterocycles. The summed E-state index contributed by atoms with van der Waals surface area (Å²) in [5.74, 6) is 0.697. The molecule has 1 rings (SSSR count). The van der Waals surface area contributed by atoms with Gasteiger partial charge in [-0.05, 0) is 30.7 Å². The van der Waals surface area contributed by atoms with Crippen LogP contribution in [0.15, 0.2) is 24.3 Å². The summed E-state index contributed by atoms with van der Waals surface area (Å²) in [7, 11) is 1.60. The Bertz CT molecular complexity index is 454. The van der Waals surface area contributed by atoms with Gasteiger partial charge in [-0.3, -0.25) is 10.1 Å². The van der Waals surface area contributed by atoms with Gasteiger partial charge in [-0.1, -0.05) is 12.1 Å². The van der Waals surface area contributed by atoms with Gasteiger partial charge in [0.2, 0.25) is 5.91 Å². The summed E-state index contributed by atoms with van der Waals surface area (Å²) >= 11 is 0. The average Bonchev–Trinajstić information content (AvgIpc) is 2.42. The van der Waals surface area contributed by atoms with Gasteiger partial charge in [0.1, 0.15) is 11.8 Å². The number of rotatable bonds is 7. The number of benzene rings is 1. The van der Waals surface area contributed by atoms with Crippen LogP contribution < -0.4 is 15.4 Å². The minimum Gasteiger partial charge on any atom is -0.497 e. The van der Waals surface area contributed by atoms with E-state index in [-0.39, 0.29) is 11.9 Å². The fraction of sp³-hybridized carbons (Fsp3) is 0.429. The number of hydrogen-bond donors (Lipinski definition) is 2. The summed E-state index contributed by atoms with van der Waals surface area (Å²) in [6, 6.07) is 9.28. The molecule has 102 valence electrons. The van der Waals surface area contributed by atoms with E-state index in [9.17, 15) is 4.79 Å². The van der Waals surface area contributed by atoms with Crippen molar-refractivity contribution in [2.24, 2.45) is 0 Å². The molecule has 0 bridgehead atoms. The molecule has 0 radical (unpaired) electrons. The van der Waals surface area contributed by atoms with Crippen molar-refractivity contribution in [1.29, 1.82) is 5.26 Å². The molecule has 1 atom stereocenters. The van der Waals surface area contributed by atoms with Crippen molar-refractivity contribution in [3.8, 4) is 11.8 Å². The van der Waals surface area contributed by atoms with Crippen LogP contribution in [0.1, 0.15) is 24.9 Å². The second kappa shape index (κ2) is 8.11. The third-order valence-corrected chi connectivity index (χ3v) is 2.63. The van der Waals surface area contributed by atoms with Crippen LogP contribution in [0.3, 0.4) is 0 Å². The second-order valence-electron chi connectivity index (χ2n) is 4.13. The normalized spacial score (nSPS) is 11.4. The highest BCUT2D eigenvalue weighted by Gasteiger charge is 2.09. The van der Waals surface area contributed by atoms with Crippen molar-refractivity contribution in [2.45, 2.75) is 19.4 Å². The van der Waals surface area contributed by atoms with Crippen LogP contribution in [-0.2, 0) is 4.79 Å². The Morgan fingerprint density at radius 3 is 2.89 bits per heavy atom. The van der Waals surface area contributed by atoms with Gasteiger partial charge in [0.05, 0.1) is 13.2 Å². The van der Waals surface area contributed by atoms with Gasteiger partial charge in [-0.15, -0.1) is 0 Å². The third kappa shape index (κ3) is 5.40. The lowest BCUT2D eigenvalue weighted by atomic mass is 10.1. The zero-order valence-electron chi connectivity index (χ0n) is 11.3. The lowest BCUT2D eigenvalue weighted by Gasteiger charge is -2.12. The van der Waals surface area contributed by atoms with Gasteiger partial charge in [0.15, 0.2) is 0 Å². The molecule has 0 aliphatic rings. The van der Waals surface area contributed by atoms with E-state index < -0.39 is 0 Å². The quantitative estimate of drug-likeness (QED) is 0.727. The molecule has 0 spiro atoms. The Hall–Kier alpha value is -2.06. The van der Waals surface area contributed by atoms with Gasteiger partial charge in [-0.25, -0.2) is 0 Å². The number of nitriles is 1. The molecule has 0 fully saturated rings. The SMILES string of the molecule is COc1cccc(C(C#N)NCCCNC(C)=O)c1. The van der Waals surface area contributed by atoms with Crippen LogP contribution in [0.25, 0.3) is 0 Å². The lowest BCUT2D eigenvalue weighted by Crippen LogP contribution is -2.27. The van der Waals surface area contributed by atoms with Gasteiger partial charge < -0.3 is 10.1 Å². The van der Waals surface area contributed by atoms with Crippen molar-refractivity contribution >= 4 is 5.91 Å². The fourth-order valence-electron chi connectivity index (χ4n) is 1.66. The molecule has 1 unspecified atom stereocenters. The molecule has 2 N–H and O–H groups in total. The largest absolute Gasteiger partial charge is 0.497 e.